The van der Waals surface area contributed by atoms with Crippen molar-refractivity contribution in [1.82, 2.24) is 5.32 Å². The Balaban J connectivity index is 1.91. The van der Waals surface area contributed by atoms with E-state index in [0.717, 1.165) is 15.7 Å². The van der Waals surface area contributed by atoms with Crippen LogP contribution in [0.15, 0.2) is 48.5 Å². The average molecular weight is 468 g/mol. The van der Waals surface area contributed by atoms with Gasteiger partial charge in [0.15, 0.2) is 5.11 Å². The summed E-state index contributed by atoms with van der Waals surface area (Å²) in [5, 5.41) is 5.94. The summed E-state index contributed by atoms with van der Waals surface area (Å²) in [7, 11) is 0. The first-order valence-corrected chi connectivity index (χ1v) is 9.53. The molecule has 0 spiro atoms. The maximum absolute atomic E-state index is 12.3. The van der Waals surface area contributed by atoms with E-state index in [4.69, 9.17) is 17.0 Å². The van der Waals surface area contributed by atoms with Crippen molar-refractivity contribution in [1.29, 1.82) is 0 Å². The van der Waals surface area contributed by atoms with Gasteiger partial charge in [0.2, 0.25) is 0 Å². The highest BCUT2D eigenvalue weighted by atomic mass is 127. The predicted molar refractivity (Wildman–Crippen MR) is 114 cm³/mol. The van der Waals surface area contributed by atoms with Crippen LogP contribution in [-0.2, 0) is 0 Å². The van der Waals surface area contributed by atoms with Gasteiger partial charge in [0.05, 0.1) is 6.61 Å². The van der Waals surface area contributed by atoms with E-state index >= 15 is 0 Å². The van der Waals surface area contributed by atoms with Crippen molar-refractivity contribution in [3.63, 3.8) is 0 Å². The van der Waals surface area contributed by atoms with Crippen LogP contribution in [-0.4, -0.2) is 17.6 Å². The van der Waals surface area contributed by atoms with Crippen LogP contribution in [0.3, 0.4) is 0 Å². The highest BCUT2D eigenvalue weighted by molar-refractivity contribution is 14.1. The number of benzene rings is 2. The van der Waals surface area contributed by atoms with E-state index in [-0.39, 0.29) is 11.0 Å². The van der Waals surface area contributed by atoms with Crippen LogP contribution in [0.4, 0.5) is 5.69 Å². The predicted octanol–water partition coefficient (Wildman–Crippen LogP) is 4.84. The van der Waals surface area contributed by atoms with Gasteiger partial charge in [-0.1, -0.05) is 19.9 Å². The summed E-state index contributed by atoms with van der Waals surface area (Å²) in [6.07, 6.45) is 0.973. The smallest absolute Gasteiger partial charge is 0.257 e. The number of nitrogens with one attached hydrogen (secondary N) is 2. The molecule has 6 heteroatoms. The molecule has 2 N–H and O–H groups in total. The maximum Gasteiger partial charge on any atom is 0.257 e. The molecule has 0 atom stereocenters. The first-order chi connectivity index (χ1) is 11.9. The van der Waals surface area contributed by atoms with E-state index in [2.05, 4.69) is 47.1 Å². The molecule has 2 aromatic carbocycles. The summed E-state index contributed by atoms with van der Waals surface area (Å²) in [4.78, 5) is 12.3. The van der Waals surface area contributed by atoms with Crippen molar-refractivity contribution in [3.8, 4) is 5.75 Å². The molecule has 0 aliphatic heterocycles. The molecule has 132 valence electrons. The van der Waals surface area contributed by atoms with Crippen molar-refractivity contribution in [2.24, 2.45) is 5.92 Å². The Morgan fingerprint density at radius 2 is 1.92 bits per heavy atom. The van der Waals surface area contributed by atoms with Crippen molar-refractivity contribution < 1.29 is 9.53 Å². The van der Waals surface area contributed by atoms with Gasteiger partial charge in [-0.2, -0.15) is 0 Å². The van der Waals surface area contributed by atoms with Gasteiger partial charge in [0.25, 0.3) is 5.91 Å². The molecule has 0 saturated heterocycles. The molecule has 0 saturated carbocycles. The zero-order valence-corrected chi connectivity index (χ0v) is 17.2. The Labute approximate surface area is 167 Å². The average Bonchev–Trinajstić information content (AvgIpc) is 2.57. The van der Waals surface area contributed by atoms with Crippen molar-refractivity contribution in [3.05, 3.63) is 57.7 Å². The van der Waals surface area contributed by atoms with Crippen LogP contribution < -0.4 is 15.4 Å². The highest BCUT2D eigenvalue weighted by Crippen LogP contribution is 2.15. The number of hydrogen-bond donors (Lipinski definition) is 2. The second-order valence-corrected chi connectivity index (χ2v) is 7.63. The standard InChI is InChI=1S/C19H21IN2O2S/c1-13(2)10-11-24-17-5-3-4-14(12-17)18(23)22-19(25)21-16-8-6-15(20)7-9-16/h3-9,12-13H,10-11H2,1-2H3,(H2,21,22,23,25). The van der Waals surface area contributed by atoms with Gasteiger partial charge in [-0.25, -0.2) is 0 Å². The zero-order valence-electron chi connectivity index (χ0n) is 14.2. The fourth-order valence-corrected chi connectivity index (χ4v) is 2.58. The third-order valence-corrected chi connectivity index (χ3v) is 4.31. The Kier molecular flexibility index (Phi) is 7.64. The molecule has 0 radical (unpaired) electrons. The lowest BCUT2D eigenvalue weighted by Gasteiger charge is -2.11. The second kappa shape index (κ2) is 9.72. The van der Waals surface area contributed by atoms with Gasteiger partial charge >= 0.3 is 0 Å². The molecule has 2 rings (SSSR count). The number of amides is 1. The highest BCUT2D eigenvalue weighted by Gasteiger charge is 2.09. The monoisotopic (exact) mass is 468 g/mol. The zero-order chi connectivity index (χ0) is 18.2. The minimum atomic E-state index is -0.266. The Morgan fingerprint density at radius 3 is 2.60 bits per heavy atom. The molecular weight excluding hydrogens is 447 g/mol. The molecular formula is C19H21IN2O2S. The van der Waals surface area contributed by atoms with Gasteiger partial charge in [0.1, 0.15) is 5.75 Å². The van der Waals surface area contributed by atoms with Gasteiger partial charge in [-0.3, -0.25) is 10.1 Å². The lowest BCUT2D eigenvalue weighted by atomic mass is 10.1. The van der Waals surface area contributed by atoms with Crippen LogP contribution in [0.1, 0.15) is 30.6 Å². The van der Waals surface area contributed by atoms with E-state index in [1.54, 1.807) is 18.2 Å². The number of thiocarbonyl (C=S) groups is 1. The third-order valence-electron chi connectivity index (χ3n) is 3.39. The molecule has 0 aliphatic carbocycles. The fraction of sp³-hybridized carbons (Fsp3) is 0.263. The number of ether oxygens (including phenoxy) is 1. The molecule has 0 aromatic heterocycles. The van der Waals surface area contributed by atoms with Crippen LogP contribution in [0, 0.1) is 9.49 Å². The number of carbonyl (C=O) groups excluding carboxylic acids is 1. The quantitative estimate of drug-likeness (QED) is 0.471. The van der Waals surface area contributed by atoms with Crippen LogP contribution in [0.2, 0.25) is 0 Å². The van der Waals surface area contributed by atoms with E-state index in [1.165, 1.54) is 0 Å². The molecule has 4 nitrogen and oxygen atoms in total. The lowest BCUT2D eigenvalue weighted by molar-refractivity contribution is 0.0977. The number of rotatable bonds is 6. The molecule has 1 amide bonds. The first kappa shape index (κ1) is 19.7. The van der Waals surface area contributed by atoms with Gasteiger partial charge in [0, 0.05) is 14.8 Å². The molecule has 0 fully saturated rings. The van der Waals surface area contributed by atoms with Crippen molar-refractivity contribution in [2.45, 2.75) is 20.3 Å². The fourth-order valence-electron chi connectivity index (χ4n) is 2.01. The molecule has 0 bridgehead atoms. The molecule has 0 unspecified atom stereocenters. The van der Waals surface area contributed by atoms with E-state index in [0.29, 0.717) is 23.8 Å². The summed E-state index contributed by atoms with van der Waals surface area (Å²) in [6, 6.07) is 14.8. The van der Waals surface area contributed by atoms with Crippen LogP contribution in [0.25, 0.3) is 0 Å². The minimum Gasteiger partial charge on any atom is -0.494 e. The summed E-state index contributed by atoms with van der Waals surface area (Å²) in [5.74, 6) is 0.998. The minimum absolute atomic E-state index is 0.261. The second-order valence-electron chi connectivity index (χ2n) is 5.97. The summed E-state index contributed by atoms with van der Waals surface area (Å²) in [5.41, 5.74) is 1.34. The molecule has 0 heterocycles. The lowest BCUT2D eigenvalue weighted by Crippen LogP contribution is -2.34. The summed E-state index contributed by atoms with van der Waals surface area (Å²) in [6.45, 7) is 4.93. The van der Waals surface area contributed by atoms with Gasteiger partial charge in [-0.05, 0) is 89.6 Å². The number of hydrogen-bond acceptors (Lipinski definition) is 3. The van der Waals surface area contributed by atoms with E-state index < -0.39 is 0 Å². The SMILES string of the molecule is CC(C)CCOc1cccc(C(=O)NC(=S)Nc2ccc(I)cc2)c1. The Bertz CT molecular complexity index is 732. The van der Waals surface area contributed by atoms with E-state index in [9.17, 15) is 4.79 Å². The first-order valence-electron chi connectivity index (χ1n) is 8.05. The largest absolute Gasteiger partial charge is 0.494 e. The topological polar surface area (TPSA) is 50.4 Å². The summed E-state index contributed by atoms with van der Waals surface area (Å²) < 4.78 is 6.82. The van der Waals surface area contributed by atoms with E-state index in [1.807, 2.05) is 30.3 Å². The normalized spacial score (nSPS) is 10.4. The molecule has 0 aliphatic rings. The van der Waals surface area contributed by atoms with Crippen LogP contribution >= 0.6 is 34.8 Å². The maximum atomic E-state index is 12.3. The number of anilines is 1. The Hall–Kier alpha value is -1.67. The number of carbonyl (C=O) groups is 1. The van der Waals surface area contributed by atoms with Gasteiger partial charge in [-0.15, -0.1) is 0 Å². The van der Waals surface area contributed by atoms with Crippen molar-refractivity contribution >= 4 is 51.5 Å². The van der Waals surface area contributed by atoms with Gasteiger partial charge < -0.3 is 10.1 Å². The van der Waals surface area contributed by atoms with Crippen LogP contribution in [0.5, 0.6) is 5.75 Å². The Morgan fingerprint density at radius 1 is 1.20 bits per heavy atom. The third kappa shape index (κ3) is 6.99. The summed E-state index contributed by atoms with van der Waals surface area (Å²) >= 11 is 7.43. The molecule has 25 heavy (non-hydrogen) atoms. The molecule has 2 aromatic rings. The van der Waals surface area contributed by atoms with Crippen molar-refractivity contribution in [2.75, 3.05) is 11.9 Å². The number of halogens is 1.